The van der Waals surface area contributed by atoms with Crippen LogP contribution in [0.4, 0.5) is 11.5 Å². The Kier molecular flexibility index (Phi) is 2.24. The van der Waals surface area contributed by atoms with E-state index in [0.29, 0.717) is 6.04 Å². The summed E-state index contributed by atoms with van der Waals surface area (Å²) in [4.78, 5) is 6.99. The molecule has 1 unspecified atom stereocenters. The smallest absolute Gasteiger partial charge is 0.152 e. The van der Waals surface area contributed by atoms with Gasteiger partial charge in [-0.15, -0.1) is 0 Å². The Hall–Kier alpha value is -0.900. The zero-order chi connectivity index (χ0) is 10.3. The second-order valence-corrected chi connectivity index (χ2v) is 5.28. The maximum absolute atomic E-state index is 4.52. The van der Waals surface area contributed by atoms with Gasteiger partial charge in [0.25, 0.3) is 0 Å². The van der Waals surface area contributed by atoms with Crippen LogP contribution in [0.1, 0.15) is 5.56 Å². The molecule has 80 valence electrons. The second-order valence-electron chi connectivity index (χ2n) is 4.13. The molecule has 0 spiro atoms. The second kappa shape index (κ2) is 3.59. The van der Waals surface area contributed by atoms with Gasteiger partial charge in [0, 0.05) is 30.8 Å². The minimum atomic E-state index is 0.630. The summed E-state index contributed by atoms with van der Waals surface area (Å²) in [5.74, 6) is 3.61. The first-order valence-corrected chi connectivity index (χ1v) is 6.55. The van der Waals surface area contributed by atoms with Crippen molar-refractivity contribution < 1.29 is 0 Å². The van der Waals surface area contributed by atoms with Gasteiger partial charge in [-0.05, 0) is 18.6 Å². The molecular formula is C11H15N3S. The lowest BCUT2D eigenvalue weighted by molar-refractivity contribution is 0.646. The van der Waals surface area contributed by atoms with E-state index in [1.54, 1.807) is 0 Å². The van der Waals surface area contributed by atoms with E-state index in [1.807, 2.05) is 6.20 Å². The van der Waals surface area contributed by atoms with Crippen LogP contribution in [0, 0.1) is 6.92 Å². The molecule has 0 amide bonds. The summed E-state index contributed by atoms with van der Waals surface area (Å²) in [6.07, 6.45) is 1.92. The first kappa shape index (κ1) is 9.33. The van der Waals surface area contributed by atoms with Crippen LogP contribution in [0.15, 0.2) is 12.3 Å². The van der Waals surface area contributed by atoms with Crippen LogP contribution >= 0.6 is 11.8 Å². The highest BCUT2D eigenvalue weighted by Gasteiger charge is 2.29. The Morgan fingerprint density at radius 2 is 2.53 bits per heavy atom. The van der Waals surface area contributed by atoms with E-state index in [1.165, 1.54) is 22.8 Å². The molecule has 2 aliphatic heterocycles. The molecule has 0 aromatic carbocycles. The summed E-state index contributed by atoms with van der Waals surface area (Å²) in [6, 6.07) is 2.70. The topological polar surface area (TPSA) is 28.2 Å². The Balaban J connectivity index is 2.03. The number of aromatic nitrogens is 1. The summed E-state index contributed by atoms with van der Waals surface area (Å²) in [5, 5.41) is 3.51. The average Bonchev–Trinajstić information content (AvgIpc) is 2.29. The fourth-order valence-corrected chi connectivity index (χ4v) is 3.37. The predicted octanol–water partition coefficient (Wildman–Crippen LogP) is 1.74. The van der Waals surface area contributed by atoms with Crippen molar-refractivity contribution >= 4 is 23.3 Å². The van der Waals surface area contributed by atoms with Crippen LogP contribution in [0.2, 0.25) is 0 Å². The van der Waals surface area contributed by atoms with Gasteiger partial charge in [-0.2, -0.15) is 11.8 Å². The SMILES string of the molecule is Cc1ccnc2c1NCC1CSCCN21. The lowest BCUT2D eigenvalue weighted by Gasteiger charge is -2.41. The number of fused-ring (bicyclic) bond motifs is 3. The summed E-state index contributed by atoms with van der Waals surface area (Å²) in [7, 11) is 0. The number of hydrogen-bond acceptors (Lipinski definition) is 4. The summed E-state index contributed by atoms with van der Waals surface area (Å²) < 4.78 is 0. The standard InChI is InChI=1S/C11H15N3S/c1-8-2-3-12-11-10(8)13-6-9-7-15-5-4-14(9)11/h2-3,9,13H,4-7H2,1H3. The minimum absolute atomic E-state index is 0.630. The van der Waals surface area contributed by atoms with Crippen LogP contribution in [0.3, 0.4) is 0 Å². The highest BCUT2D eigenvalue weighted by Crippen LogP contribution is 2.34. The van der Waals surface area contributed by atoms with E-state index in [-0.39, 0.29) is 0 Å². The Morgan fingerprint density at radius 1 is 1.60 bits per heavy atom. The van der Waals surface area contributed by atoms with Gasteiger partial charge in [0.2, 0.25) is 0 Å². The summed E-state index contributed by atoms with van der Waals surface area (Å²) in [6.45, 7) is 4.35. The highest BCUT2D eigenvalue weighted by molar-refractivity contribution is 7.99. The molecule has 1 saturated heterocycles. The van der Waals surface area contributed by atoms with Crippen molar-refractivity contribution in [3.05, 3.63) is 17.8 Å². The lowest BCUT2D eigenvalue weighted by Crippen LogP contribution is -2.49. The third kappa shape index (κ3) is 1.47. The molecule has 0 saturated carbocycles. The first-order chi connectivity index (χ1) is 7.36. The van der Waals surface area contributed by atoms with E-state index in [4.69, 9.17) is 0 Å². The van der Waals surface area contributed by atoms with Gasteiger partial charge in [0.15, 0.2) is 5.82 Å². The van der Waals surface area contributed by atoms with Crippen molar-refractivity contribution in [1.82, 2.24) is 4.98 Å². The predicted molar refractivity (Wildman–Crippen MR) is 65.9 cm³/mol. The maximum Gasteiger partial charge on any atom is 0.152 e. The van der Waals surface area contributed by atoms with E-state index >= 15 is 0 Å². The summed E-state index contributed by atoms with van der Waals surface area (Å²) >= 11 is 2.05. The Bertz CT molecular complexity index is 380. The van der Waals surface area contributed by atoms with Crippen molar-refractivity contribution in [1.29, 1.82) is 0 Å². The first-order valence-electron chi connectivity index (χ1n) is 5.40. The Morgan fingerprint density at radius 3 is 3.47 bits per heavy atom. The number of hydrogen-bond donors (Lipinski definition) is 1. The number of nitrogens with one attached hydrogen (secondary N) is 1. The van der Waals surface area contributed by atoms with Crippen molar-refractivity contribution in [2.75, 3.05) is 34.8 Å². The molecule has 0 bridgehead atoms. The largest absolute Gasteiger partial charge is 0.380 e. The maximum atomic E-state index is 4.52. The minimum Gasteiger partial charge on any atom is -0.380 e. The van der Waals surface area contributed by atoms with Gasteiger partial charge >= 0.3 is 0 Å². The fourth-order valence-electron chi connectivity index (χ4n) is 2.30. The molecule has 0 radical (unpaired) electrons. The van der Waals surface area contributed by atoms with E-state index in [9.17, 15) is 0 Å². The summed E-state index contributed by atoms with van der Waals surface area (Å²) in [5.41, 5.74) is 2.54. The van der Waals surface area contributed by atoms with Crippen molar-refractivity contribution in [2.45, 2.75) is 13.0 Å². The van der Waals surface area contributed by atoms with Gasteiger partial charge in [0.05, 0.1) is 11.7 Å². The van der Waals surface area contributed by atoms with E-state index < -0.39 is 0 Å². The average molecular weight is 221 g/mol. The number of aryl methyl sites for hydroxylation is 1. The molecular weight excluding hydrogens is 206 g/mol. The molecule has 1 atom stereocenters. The number of anilines is 2. The molecule has 2 aliphatic rings. The normalized spacial score (nSPS) is 24.1. The van der Waals surface area contributed by atoms with Crippen LogP contribution in [0.5, 0.6) is 0 Å². The number of thioether (sulfide) groups is 1. The molecule has 3 nitrogen and oxygen atoms in total. The highest BCUT2D eigenvalue weighted by atomic mass is 32.2. The number of nitrogens with zero attached hydrogens (tertiary/aromatic N) is 2. The van der Waals surface area contributed by atoms with Crippen LogP contribution in [-0.2, 0) is 0 Å². The van der Waals surface area contributed by atoms with Gasteiger partial charge in [0.1, 0.15) is 0 Å². The zero-order valence-electron chi connectivity index (χ0n) is 8.86. The molecule has 4 heteroatoms. The van der Waals surface area contributed by atoms with Crippen LogP contribution < -0.4 is 10.2 Å². The fraction of sp³-hybridized carbons (Fsp3) is 0.545. The third-order valence-corrected chi connectivity index (χ3v) is 4.25. The Labute approximate surface area is 94.3 Å². The molecule has 3 heterocycles. The van der Waals surface area contributed by atoms with Crippen molar-refractivity contribution in [3.63, 3.8) is 0 Å². The van der Waals surface area contributed by atoms with Crippen LogP contribution in [0.25, 0.3) is 0 Å². The quantitative estimate of drug-likeness (QED) is 0.722. The number of pyridine rings is 1. The molecule has 1 fully saturated rings. The third-order valence-electron chi connectivity index (χ3n) is 3.15. The monoisotopic (exact) mass is 221 g/mol. The van der Waals surface area contributed by atoms with Gasteiger partial charge in [-0.1, -0.05) is 0 Å². The van der Waals surface area contributed by atoms with E-state index in [2.05, 4.69) is 40.0 Å². The van der Waals surface area contributed by atoms with Crippen molar-refractivity contribution in [2.24, 2.45) is 0 Å². The molecule has 1 aromatic rings. The van der Waals surface area contributed by atoms with Gasteiger partial charge in [-0.25, -0.2) is 4.98 Å². The lowest BCUT2D eigenvalue weighted by atomic mass is 10.1. The van der Waals surface area contributed by atoms with Crippen LogP contribution in [-0.4, -0.2) is 35.6 Å². The zero-order valence-corrected chi connectivity index (χ0v) is 9.68. The van der Waals surface area contributed by atoms with Crippen molar-refractivity contribution in [3.8, 4) is 0 Å². The molecule has 1 N–H and O–H groups in total. The van der Waals surface area contributed by atoms with Gasteiger partial charge in [-0.3, -0.25) is 0 Å². The molecule has 15 heavy (non-hydrogen) atoms. The van der Waals surface area contributed by atoms with Gasteiger partial charge < -0.3 is 10.2 Å². The molecule has 0 aliphatic carbocycles. The molecule has 1 aromatic heterocycles. The molecule has 3 rings (SSSR count). The number of rotatable bonds is 0. The van der Waals surface area contributed by atoms with E-state index in [0.717, 1.165) is 18.9 Å².